The summed E-state index contributed by atoms with van der Waals surface area (Å²) in [5.41, 5.74) is 1.21. The summed E-state index contributed by atoms with van der Waals surface area (Å²) in [6.45, 7) is -0.451. The second kappa shape index (κ2) is 9.95. The van der Waals surface area contributed by atoms with Crippen LogP contribution in [0.2, 0.25) is 0 Å². The van der Waals surface area contributed by atoms with E-state index < -0.39 is 12.6 Å². The van der Waals surface area contributed by atoms with Crippen molar-refractivity contribution in [1.29, 1.82) is 0 Å². The van der Waals surface area contributed by atoms with Crippen molar-refractivity contribution in [2.24, 2.45) is 5.10 Å². The lowest BCUT2D eigenvalue weighted by atomic mass is 9.88. The van der Waals surface area contributed by atoms with Crippen molar-refractivity contribution in [2.45, 2.75) is 38.0 Å². The molecular weight excluding hydrogens is 542 g/mol. The standard InChI is InChI=1S/C23H21Br2N3O4/c24-17-10-14(11-18(25)21(17)32-13-20(29)30)12-26-28-22(15-6-2-1-3-7-15)27-19-9-5-4-8-16(19)23(28)31/h4-5,8-12,15H,1-3,6-7,13H2,(H,29,30). The maximum atomic E-state index is 13.3. The van der Waals surface area contributed by atoms with Gasteiger partial charge < -0.3 is 9.84 Å². The van der Waals surface area contributed by atoms with Crippen molar-refractivity contribution in [3.8, 4) is 5.75 Å². The second-order valence-electron chi connectivity index (χ2n) is 7.68. The molecule has 0 radical (unpaired) electrons. The molecule has 9 heteroatoms. The number of rotatable bonds is 6. The van der Waals surface area contributed by atoms with Crippen LogP contribution in [0.4, 0.5) is 0 Å². The van der Waals surface area contributed by atoms with Crippen molar-refractivity contribution in [2.75, 3.05) is 6.61 Å². The first kappa shape index (κ1) is 22.7. The number of hydrogen-bond donors (Lipinski definition) is 1. The minimum Gasteiger partial charge on any atom is -0.480 e. The van der Waals surface area contributed by atoms with Gasteiger partial charge in [0.15, 0.2) is 6.61 Å². The summed E-state index contributed by atoms with van der Waals surface area (Å²) in [6.07, 6.45) is 7.03. The van der Waals surface area contributed by atoms with Gasteiger partial charge in [0.2, 0.25) is 0 Å². The number of aromatic nitrogens is 2. The molecule has 2 aromatic carbocycles. The van der Waals surface area contributed by atoms with Crippen LogP contribution in [-0.4, -0.2) is 33.6 Å². The lowest BCUT2D eigenvalue weighted by molar-refractivity contribution is -0.139. The molecule has 1 N–H and O–H groups in total. The van der Waals surface area contributed by atoms with Crippen molar-refractivity contribution in [1.82, 2.24) is 9.66 Å². The number of para-hydroxylation sites is 1. The number of fused-ring (bicyclic) bond motifs is 1. The molecule has 0 spiro atoms. The fraction of sp³-hybridized carbons (Fsp3) is 0.304. The number of carboxylic acids is 1. The Kier molecular flexibility index (Phi) is 7.05. The Morgan fingerprint density at radius 2 is 1.88 bits per heavy atom. The summed E-state index contributed by atoms with van der Waals surface area (Å²) >= 11 is 6.82. The Morgan fingerprint density at radius 3 is 2.56 bits per heavy atom. The van der Waals surface area contributed by atoms with E-state index in [4.69, 9.17) is 14.8 Å². The first-order chi connectivity index (χ1) is 15.4. The Hall–Kier alpha value is -2.52. The van der Waals surface area contributed by atoms with Crippen LogP contribution >= 0.6 is 31.9 Å². The highest BCUT2D eigenvalue weighted by molar-refractivity contribution is 9.11. The lowest BCUT2D eigenvalue weighted by Gasteiger charge is -2.22. The quantitative estimate of drug-likeness (QED) is 0.411. The summed E-state index contributed by atoms with van der Waals surface area (Å²) in [4.78, 5) is 28.9. The molecule has 0 atom stereocenters. The first-order valence-electron chi connectivity index (χ1n) is 10.3. The number of benzene rings is 2. The second-order valence-corrected chi connectivity index (χ2v) is 9.39. The maximum absolute atomic E-state index is 13.3. The molecule has 4 rings (SSSR count). The van der Waals surface area contributed by atoms with E-state index in [1.165, 1.54) is 11.1 Å². The van der Waals surface area contributed by atoms with Crippen molar-refractivity contribution >= 4 is 54.9 Å². The SMILES string of the molecule is O=C(O)COc1c(Br)cc(C=Nn2c(C3CCCCC3)nc3ccccc3c2=O)cc1Br. The summed E-state index contributed by atoms with van der Waals surface area (Å²) in [6, 6.07) is 10.8. The molecule has 0 saturated heterocycles. The summed E-state index contributed by atoms with van der Waals surface area (Å²) in [5.74, 6) is 0.220. The number of carbonyl (C=O) groups is 1. The van der Waals surface area contributed by atoms with E-state index in [9.17, 15) is 9.59 Å². The van der Waals surface area contributed by atoms with Crippen molar-refractivity contribution < 1.29 is 14.6 Å². The smallest absolute Gasteiger partial charge is 0.341 e. The molecule has 1 aliphatic carbocycles. The third kappa shape index (κ3) is 4.94. The average molecular weight is 563 g/mol. The van der Waals surface area contributed by atoms with Crippen LogP contribution in [-0.2, 0) is 4.79 Å². The predicted octanol–water partition coefficient (Wildman–Crippen LogP) is 5.31. The van der Waals surface area contributed by atoms with Gasteiger partial charge in [-0.2, -0.15) is 9.78 Å². The van der Waals surface area contributed by atoms with Gasteiger partial charge in [-0.15, -0.1) is 0 Å². The minimum atomic E-state index is -1.06. The third-order valence-electron chi connectivity index (χ3n) is 5.43. The molecule has 1 saturated carbocycles. The Labute approximate surface area is 201 Å². The lowest BCUT2D eigenvalue weighted by Crippen LogP contribution is -2.25. The van der Waals surface area contributed by atoms with Crippen LogP contribution in [0.25, 0.3) is 10.9 Å². The molecule has 1 heterocycles. The van der Waals surface area contributed by atoms with Crippen LogP contribution < -0.4 is 10.3 Å². The van der Waals surface area contributed by atoms with Crippen molar-refractivity contribution in [3.63, 3.8) is 0 Å². The van der Waals surface area contributed by atoms with Crippen LogP contribution in [0, 0.1) is 0 Å². The Morgan fingerprint density at radius 1 is 1.19 bits per heavy atom. The van der Waals surface area contributed by atoms with Gasteiger partial charge in [0.05, 0.1) is 26.1 Å². The normalized spacial score (nSPS) is 14.8. The minimum absolute atomic E-state index is 0.188. The largest absolute Gasteiger partial charge is 0.480 e. The van der Waals surface area contributed by atoms with Crippen LogP contribution in [0.15, 0.2) is 55.2 Å². The molecule has 0 unspecified atom stereocenters. The van der Waals surface area contributed by atoms with E-state index in [1.807, 2.05) is 18.2 Å². The monoisotopic (exact) mass is 561 g/mol. The fourth-order valence-corrected chi connectivity index (χ4v) is 5.38. The summed E-state index contributed by atoms with van der Waals surface area (Å²) in [5, 5.41) is 13.9. The number of aliphatic carboxylic acids is 1. The fourth-order valence-electron chi connectivity index (χ4n) is 3.93. The Balaban J connectivity index is 1.74. The zero-order valence-corrected chi connectivity index (χ0v) is 20.3. The summed E-state index contributed by atoms with van der Waals surface area (Å²) < 4.78 is 7.89. The number of ether oxygens (including phenoxy) is 1. The van der Waals surface area contributed by atoms with E-state index in [1.54, 1.807) is 24.4 Å². The highest BCUT2D eigenvalue weighted by Crippen LogP contribution is 2.35. The Bertz CT molecular complexity index is 1230. The zero-order valence-electron chi connectivity index (χ0n) is 17.1. The molecule has 0 aliphatic heterocycles. The highest BCUT2D eigenvalue weighted by Gasteiger charge is 2.22. The molecule has 0 bridgehead atoms. The van der Waals surface area contributed by atoms with Gasteiger partial charge in [-0.1, -0.05) is 31.4 Å². The van der Waals surface area contributed by atoms with Gasteiger partial charge in [0, 0.05) is 5.92 Å². The van der Waals surface area contributed by atoms with E-state index in [0.29, 0.717) is 37.0 Å². The number of hydrogen-bond acceptors (Lipinski definition) is 5. The average Bonchev–Trinajstić information content (AvgIpc) is 2.78. The molecule has 1 aromatic heterocycles. The van der Waals surface area contributed by atoms with E-state index in [-0.39, 0.29) is 11.5 Å². The van der Waals surface area contributed by atoms with Gasteiger partial charge in [0.25, 0.3) is 5.56 Å². The van der Waals surface area contributed by atoms with E-state index in [2.05, 4.69) is 37.0 Å². The molecule has 166 valence electrons. The van der Waals surface area contributed by atoms with Gasteiger partial charge in [-0.05, 0) is 74.5 Å². The zero-order chi connectivity index (χ0) is 22.7. The van der Waals surface area contributed by atoms with Gasteiger partial charge >= 0.3 is 5.97 Å². The number of halogens is 2. The number of carboxylic acid groups (broad SMARTS) is 1. The van der Waals surface area contributed by atoms with Gasteiger partial charge in [-0.25, -0.2) is 9.78 Å². The molecule has 0 amide bonds. The van der Waals surface area contributed by atoms with E-state index in [0.717, 1.165) is 25.7 Å². The molecule has 1 fully saturated rings. The van der Waals surface area contributed by atoms with Gasteiger partial charge in [-0.3, -0.25) is 4.79 Å². The maximum Gasteiger partial charge on any atom is 0.341 e. The highest BCUT2D eigenvalue weighted by atomic mass is 79.9. The molecular formula is C23H21Br2N3O4. The summed E-state index contributed by atoms with van der Waals surface area (Å²) in [7, 11) is 0. The first-order valence-corrected chi connectivity index (χ1v) is 11.9. The van der Waals surface area contributed by atoms with E-state index >= 15 is 0 Å². The predicted molar refractivity (Wildman–Crippen MR) is 130 cm³/mol. The van der Waals surface area contributed by atoms with Crippen LogP contribution in [0.5, 0.6) is 5.75 Å². The van der Waals surface area contributed by atoms with Crippen LogP contribution in [0.3, 0.4) is 0 Å². The number of nitrogens with zero attached hydrogens (tertiary/aromatic N) is 3. The van der Waals surface area contributed by atoms with Crippen molar-refractivity contribution in [3.05, 3.63) is 67.1 Å². The molecule has 3 aromatic rings. The molecule has 1 aliphatic rings. The topological polar surface area (TPSA) is 93.8 Å². The molecule has 32 heavy (non-hydrogen) atoms. The van der Waals surface area contributed by atoms with Gasteiger partial charge in [0.1, 0.15) is 11.6 Å². The molecule has 7 nitrogen and oxygen atoms in total. The third-order valence-corrected chi connectivity index (χ3v) is 6.61. The van der Waals surface area contributed by atoms with Crippen LogP contribution in [0.1, 0.15) is 49.4 Å².